The molecule has 0 atom stereocenters. The first kappa shape index (κ1) is 9.43. The van der Waals surface area contributed by atoms with Crippen LogP contribution >= 0.6 is 23.1 Å². The molecule has 0 unspecified atom stereocenters. The fourth-order valence-corrected chi connectivity index (χ4v) is 2.12. The number of rotatable bonds is 1. The van der Waals surface area contributed by atoms with Gasteiger partial charge in [-0.3, -0.25) is 0 Å². The van der Waals surface area contributed by atoms with E-state index in [0.717, 1.165) is 21.2 Å². The zero-order valence-corrected chi connectivity index (χ0v) is 9.06. The highest BCUT2D eigenvalue weighted by atomic mass is 35.5. The average Bonchev–Trinajstić information content (AvgIpc) is 2.51. The van der Waals surface area contributed by atoms with Crippen LogP contribution in [0.5, 0.6) is 0 Å². The molecule has 14 heavy (non-hydrogen) atoms. The van der Waals surface area contributed by atoms with Crippen LogP contribution < -0.4 is 5.73 Å². The molecule has 72 valence electrons. The minimum Gasteiger partial charge on any atom is -0.367 e. The summed E-state index contributed by atoms with van der Waals surface area (Å²) in [6.45, 7) is 1.98. The molecule has 0 aliphatic heterocycles. The van der Waals surface area contributed by atoms with Gasteiger partial charge in [0.25, 0.3) is 0 Å². The Kier molecular flexibility index (Phi) is 2.39. The minimum atomic E-state index is 0.319. The second-order valence-corrected chi connectivity index (χ2v) is 4.11. The molecule has 2 aromatic rings. The molecule has 0 aliphatic carbocycles. The number of hydrogen-bond donors (Lipinski definition) is 1. The molecule has 0 bridgehead atoms. The van der Waals surface area contributed by atoms with Gasteiger partial charge in [-0.15, -0.1) is 0 Å². The van der Waals surface area contributed by atoms with Crippen molar-refractivity contribution in [2.45, 2.75) is 6.92 Å². The number of halogens is 1. The van der Waals surface area contributed by atoms with Gasteiger partial charge < -0.3 is 5.73 Å². The Hall–Kier alpha value is -1.13. The molecule has 0 aliphatic rings. The van der Waals surface area contributed by atoms with E-state index in [2.05, 4.69) is 9.36 Å². The van der Waals surface area contributed by atoms with E-state index in [0.29, 0.717) is 5.95 Å². The van der Waals surface area contributed by atoms with Crippen LogP contribution in [0.4, 0.5) is 5.95 Å². The Morgan fingerprint density at radius 3 is 2.79 bits per heavy atom. The third-order valence-corrected chi connectivity index (χ3v) is 2.86. The topological polar surface area (TPSA) is 51.8 Å². The number of nitrogens with two attached hydrogens (primary N) is 1. The van der Waals surface area contributed by atoms with Crippen LogP contribution in [0.2, 0.25) is 5.02 Å². The third kappa shape index (κ3) is 1.71. The Morgan fingerprint density at radius 2 is 2.21 bits per heavy atom. The van der Waals surface area contributed by atoms with E-state index in [-0.39, 0.29) is 0 Å². The Labute approximate surface area is 90.7 Å². The number of nitrogens with zero attached hydrogens (tertiary/aromatic N) is 2. The van der Waals surface area contributed by atoms with Gasteiger partial charge in [-0.1, -0.05) is 17.7 Å². The third-order valence-electron chi connectivity index (χ3n) is 1.86. The van der Waals surface area contributed by atoms with Crippen LogP contribution in [0.25, 0.3) is 10.6 Å². The van der Waals surface area contributed by atoms with Crippen molar-refractivity contribution < 1.29 is 0 Å². The lowest BCUT2D eigenvalue weighted by molar-refractivity contribution is 1.33. The average molecular weight is 226 g/mol. The number of hydrogen-bond acceptors (Lipinski definition) is 4. The number of nitrogen functional groups attached to an aromatic ring is 1. The highest BCUT2D eigenvalue weighted by Gasteiger charge is 2.07. The lowest BCUT2D eigenvalue weighted by atomic mass is 10.1. The van der Waals surface area contributed by atoms with E-state index >= 15 is 0 Å². The van der Waals surface area contributed by atoms with Crippen molar-refractivity contribution in [3.63, 3.8) is 0 Å². The monoisotopic (exact) mass is 225 g/mol. The van der Waals surface area contributed by atoms with Crippen LogP contribution in [0.3, 0.4) is 0 Å². The maximum atomic E-state index is 5.85. The van der Waals surface area contributed by atoms with Crippen LogP contribution in [-0.2, 0) is 0 Å². The maximum Gasteiger partial charge on any atom is 0.232 e. The van der Waals surface area contributed by atoms with Crippen LogP contribution in [0.1, 0.15) is 5.56 Å². The van der Waals surface area contributed by atoms with E-state index in [4.69, 9.17) is 17.3 Å². The van der Waals surface area contributed by atoms with Crippen molar-refractivity contribution in [2.24, 2.45) is 0 Å². The van der Waals surface area contributed by atoms with Crippen molar-refractivity contribution in [1.82, 2.24) is 9.36 Å². The summed E-state index contributed by atoms with van der Waals surface area (Å²) in [5.41, 5.74) is 7.57. The SMILES string of the molecule is Cc1cc(Cl)ccc1-c1nc(N)ns1. The van der Waals surface area contributed by atoms with Gasteiger partial charge in [-0.05, 0) is 36.2 Å². The molecule has 0 spiro atoms. The van der Waals surface area contributed by atoms with E-state index in [1.54, 1.807) is 0 Å². The number of aryl methyl sites for hydroxylation is 1. The molecule has 3 nitrogen and oxygen atoms in total. The second kappa shape index (κ2) is 3.55. The van der Waals surface area contributed by atoms with E-state index in [9.17, 15) is 0 Å². The van der Waals surface area contributed by atoms with Crippen LogP contribution in [-0.4, -0.2) is 9.36 Å². The van der Waals surface area contributed by atoms with Crippen molar-refractivity contribution in [1.29, 1.82) is 0 Å². The van der Waals surface area contributed by atoms with Crippen LogP contribution in [0.15, 0.2) is 18.2 Å². The van der Waals surface area contributed by atoms with E-state index < -0.39 is 0 Å². The molecule has 1 aromatic carbocycles. The predicted molar refractivity (Wildman–Crippen MR) is 59.5 cm³/mol. The van der Waals surface area contributed by atoms with Crippen molar-refractivity contribution in [3.05, 3.63) is 28.8 Å². The van der Waals surface area contributed by atoms with Gasteiger partial charge in [0, 0.05) is 10.6 Å². The first-order valence-electron chi connectivity index (χ1n) is 4.02. The standard InChI is InChI=1S/C9H8ClN3S/c1-5-4-6(10)2-3-7(5)8-12-9(11)13-14-8/h2-4H,1H3,(H2,11,13). The van der Waals surface area contributed by atoms with Gasteiger partial charge in [0.05, 0.1) is 0 Å². The first-order chi connectivity index (χ1) is 6.66. The highest BCUT2D eigenvalue weighted by Crippen LogP contribution is 2.27. The smallest absolute Gasteiger partial charge is 0.232 e. The molecule has 0 fully saturated rings. The molecule has 5 heteroatoms. The molecular weight excluding hydrogens is 218 g/mol. The minimum absolute atomic E-state index is 0.319. The molecule has 0 radical (unpaired) electrons. The van der Waals surface area contributed by atoms with E-state index in [1.807, 2.05) is 25.1 Å². The van der Waals surface area contributed by atoms with Crippen molar-refractivity contribution in [2.75, 3.05) is 5.73 Å². The van der Waals surface area contributed by atoms with E-state index in [1.165, 1.54) is 11.5 Å². The lowest BCUT2D eigenvalue weighted by Crippen LogP contribution is -1.86. The largest absolute Gasteiger partial charge is 0.367 e. The lowest BCUT2D eigenvalue weighted by Gasteiger charge is -2.00. The summed E-state index contributed by atoms with van der Waals surface area (Å²) in [6.07, 6.45) is 0. The van der Waals surface area contributed by atoms with Gasteiger partial charge in [-0.2, -0.15) is 9.36 Å². The van der Waals surface area contributed by atoms with Crippen LogP contribution in [0, 0.1) is 6.92 Å². The maximum absolute atomic E-state index is 5.85. The highest BCUT2D eigenvalue weighted by molar-refractivity contribution is 7.09. The fraction of sp³-hybridized carbons (Fsp3) is 0.111. The number of benzene rings is 1. The molecule has 1 aromatic heterocycles. The normalized spacial score (nSPS) is 10.4. The second-order valence-electron chi connectivity index (χ2n) is 2.92. The number of aromatic nitrogens is 2. The molecular formula is C9H8ClN3S. The van der Waals surface area contributed by atoms with Crippen molar-refractivity contribution >= 4 is 29.1 Å². The zero-order chi connectivity index (χ0) is 10.1. The van der Waals surface area contributed by atoms with Gasteiger partial charge in [0.15, 0.2) is 0 Å². The summed E-state index contributed by atoms with van der Waals surface area (Å²) in [6, 6.07) is 5.66. The van der Waals surface area contributed by atoms with Gasteiger partial charge >= 0.3 is 0 Å². The van der Waals surface area contributed by atoms with Gasteiger partial charge in [-0.25, -0.2) is 0 Å². The molecule has 0 amide bonds. The van der Waals surface area contributed by atoms with Gasteiger partial charge in [0.1, 0.15) is 5.01 Å². The molecule has 2 rings (SSSR count). The fourth-order valence-electron chi connectivity index (χ4n) is 1.21. The Morgan fingerprint density at radius 1 is 1.43 bits per heavy atom. The summed E-state index contributed by atoms with van der Waals surface area (Å²) < 4.78 is 3.93. The van der Waals surface area contributed by atoms with Gasteiger partial charge in [0.2, 0.25) is 5.95 Å². The molecule has 2 N–H and O–H groups in total. The number of anilines is 1. The summed E-state index contributed by atoms with van der Waals surface area (Å²) in [7, 11) is 0. The molecule has 0 saturated carbocycles. The predicted octanol–water partition coefficient (Wildman–Crippen LogP) is 2.75. The quantitative estimate of drug-likeness (QED) is 0.812. The molecule has 0 saturated heterocycles. The Balaban J connectivity index is 2.52. The summed E-state index contributed by atoms with van der Waals surface area (Å²) in [5, 5.41) is 1.56. The summed E-state index contributed by atoms with van der Waals surface area (Å²) >= 11 is 7.15. The summed E-state index contributed by atoms with van der Waals surface area (Å²) in [5.74, 6) is 0.319. The molecule has 1 heterocycles. The summed E-state index contributed by atoms with van der Waals surface area (Å²) in [4.78, 5) is 4.11. The van der Waals surface area contributed by atoms with Crippen molar-refractivity contribution in [3.8, 4) is 10.6 Å². The Bertz CT molecular complexity index is 467. The zero-order valence-electron chi connectivity index (χ0n) is 7.49. The first-order valence-corrected chi connectivity index (χ1v) is 5.17.